The Morgan fingerprint density at radius 1 is 1.13 bits per heavy atom. The molecule has 1 aliphatic heterocycles. The third-order valence-corrected chi connectivity index (χ3v) is 5.36. The maximum Gasteiger partial charge on any atom is 0.225 e. The molecule has 0 radical (unpaired) electrons. The first-order valence-corrected chi connectivity index (χ1v) is 8.81. The van der Waals surface area contributed by atoms with Gasteiger partial charge in [-0.05, 0) is 56.4 Å². The lowest BCUT2D eigenvalue weighted by Gasteiger charge is -2.33. The van der Waals surface area contributed by atoms with Crippen molar-refractivity contribution in [3.8, 4) is 5.75 Å². The number of benzene rings is 1. The lowest BCUT2D eigenvalue weighted by molar-refractivity contribution is -0.137. The normalized spacial score (nSPS) is 25.6. The van der Waals surface area contributed by atoms with Crippen LogP contribution in [0.5, 0.6) is 5.75 Å². The molecule has 1 aliphatic carbocycles. The minimum Gasteiger partial charge on any atom is -0.490 e. The highest BCUT2D eigenvalue weighted by molar-refractivity contribution is 5.79. The Morgan fingerprint density at radius 2 is 1.87 bits per heavy atom. The summed E-state index contributed by atoms with van der Waals surface area (Å²) in [5, 5.41) is 0. The molecule has 1 saturated carbocycles. The summed E-state index contributed by atoms with van der Waals surface area (Å²) in [6.45, 7) is 5.83. The van der Waals surface area contributed by atoms with Crippen LogP contribution in [-0.2, 0) is 4.79 Å². The molecule has 1 aromatic carbocycles. The summed E-state index contributed by atoms with van der Waals surface area (Å²) in [7, 11) is 0. The van der Waals surface area contributed by atoms with Crippen LogP contribution in [0.4, 0.5) is 0 Å². The standard InChI is InChI=1S/C19H28N2O2/c1-13-3-6-18(11-14(13)2)23-17-7-9-21(10-8-17)19(22)15-4-5-16(20)12-15/h3,6,11,15-17H,4-5,7-10,12,20H2,1-2H3/t15-,16+/m1/s1. The second-order valence-corrected chi connectivity index (χ2v) is 7.16. The van der Waals surface area contributed by atoms with E-state index in [0.717, 1.165) is 50.9 Å². The van der Waals surface area contributed by atoms with Gasteiger partial charge in [0.15, 0.2) is 0 Å². The molecule has 4 heteroatoms. The van der Waals surface area contributed by atoms with Crippen molar-refractivity contribution in [3.63, 3.8) is 0 Å². The number of nitrogens with zero attached hydrogens (tertiary/aromatic N) is 1. The number of hydrogen-bond acceptors (Lipinski definition) is 3. The number of ether oxygens (including phenoxy) is 1. The third-order valence-electron chi connectivity index (χ3n) is 5.36. The summed E-state index contributed by atoms with van der Waals surface area (Å²) in [4.78, 5) is 14.5. The molecule has 1 amide bonds. The number of carbonyl (C=O) groups excluding carboxylic acids is 1. The quantitative estimate of drug-likeness (QED) is 0.933. The smallest absolute Gasteiger partial charge is 0.225 e. The van der Waals surface area contributed by atoms with Crippen molar-refractivity contribution >= 4 is 5.91 Å². The van der Waals surface area contributed by atoms with E-state index in [-0.39, 0.29) is 18.1 Å². The Labute approximate surface area is 139 Å². The van der Waals surface area contributed by atoms with Gasteiger partial charge in [0.2, 0.25) is 5.91 Å². The van der Waals surface area contributed by atoms with E-state index in [1.165, 1.54) is 11.1 Å². The van der Waals surface area contributed by atoms with Crippen molar-refractivity contribution in [2.75, 3.05) is 13.1 Å². The highest BCUT2D eigenvalue weighted by atomic mass is 16.5. The van der Waals surface area contributed by atoms with Crippen LogP contribution in [-0.4, -0.2) is 36.0 Å². The minimum absolute atomic E-state index is 0.155. The molecule has 126 valence electrons. The van der Waals surface area contributed by atoms with E-state index in [9.17, 15) is 4.79 Å². The first-order valence-electron chi connectivity index (χ1n) is 8.81. The summed E-state index contributed by atoms with van der Waals surface area (Å²) in [6.07, 6.45) is 4.85. The van der Waals surface area contributed by atoms with Crippen LogP contribution in [0.2, 0.25) is 0 Å². The molecule has 0 aromatic heterocycles. The summed E-state index contributed by atoms with van der Waals surface area (Å²) in [5.41, 5.74) is 8.47. The molecule has 4 nitrogen and oxygen atoms in total. The zero-order chi connectivity index (χ0) is 16.4. The van der Waals surface area contributed by atoms with E-state index < -0.39 is 0 Å². The lowest BCUT2D eigenvalue weighted by Crippen LogP contribution is -2.44. The second kappa shape index (κ2) is 6.91. The highest BCUT2D eigenvalue weighted by Crippen LogP contribution is 2.28. The Morgan fingerprint density at radius 3 is 2.48 bits per heavy atom. The van der Waals surface area contributed by atoms with E-state index in [1.54, 1.807) is 0 Å². The fourth-order valence-corrected chi connectivity index (χ4v) is 3.67. The van der Waals surface area contributed by atoms with Gasteiger partial charge in [-0.1, -0.05) is 6.07 Å². The topological polar surface area (TPSA) is 55.6 Å². The lowest BCUT2D eigenvalue weighted by atomic mass is 10.0. The minimum atomic E-state index is 0.155. The molecule has 1 aromatic rings. The van der Waals surface area contributed by atoms with Gasteiger partial charge in [0.05, 0.1) is 0 Å². The van der Waals surface area contributed by atoms with E-state index in [4.69, 9.17) is 10.5 Å². The van der Waals surface area contributed by atoms with Crippen molar-refractivity contribution in [1.82, 2.24) is 4.90 Å². The Kier molecular flexibility index (Phi) is 4.90. The van der Waals surface area contributed by atoms with Crippen LogP contribution in [0.15, 0.2) is 18.2 Å². The number of hydrogen-bond donors (Lipinski definition) is 1. The third kappa shape index (κ3) is 3.86. The van der Waals surface area contributed by atoms with Crippen LogP contribution in [0.1, 0.15) is 43.2 Å². The van der Waals surface area contributed by atoms with E-state index in [0.29, 0.717) is 5.91 Å². The average molecular weight is 316 g/mol. The van der Waals surface area contributed by atoms with E-state index >= 15 is 0 Å². The molecule has 0 spiro atoms. The number of aryl methyl sites for hydroxylation is 2. The molecule has 1 heterocycles. The molecule has 23 heavy (non-hydrogen) atoms. The predicted molar refractivity (Wildman–Crippen MR) is 91.5 cm³/mol. The van der Waals surface area contributed by atoms with Crippen molar-refractivity contribution in [2.24, 2.45) is 11.7 Å². The average Bonchev–Trinajstić information content (AvgIpc) is 2.97. The largest absolute Gasteiger partial charge is 0.490 e. The summed E-state index contributed by atoms with van der Waals surface area (Å²) >= 11 is 0. The van der Waals surface area contributed by atoms with E-state index in [2.05, 4.69) is 26.0 Å². The number of rotatable bonds is 3. The van der Waals surface area contributed by atoms with Crippen molar-refractivity contribution in [1.29, 1.82) is 0 Å². The molecule has 2 fully saturated rings. The van der Waals surface area contributed by atoms with Crippen LogP contribution in [0.25, 0.3) is 0 Å². The summed E-state index contributed by atoms with van der Waals surface area (Å²) in [5.74, 6) is 1.41. The second-order valence-electron chi connectivity index (χ2n) is 7.16. The molecule has 2 aliphatic rings. The van der Waals surface area contributed by atoms with Crippen molar-refractivity contribution in [3.05, 3.63) is 29.3 Å². The zero-order valence-electron chi connectivity index (χ0n) is 14.3. The van der Waals surface area contributed by atoms with Gasteiger partial charge in [-0.2, -0.15) is 0 Å². The summed E-state index contributed by atoms with van der Waals surface area (Å²) in [6, 6.07) is 6.47. The zero-order valence-corrected chi connectivity index (χ0v) is 14.3. The monoisotopic (exact) mass is 316 g/mol. The van der Waals surface area contributed by atoms with Gasteiger partial charge >= 0.3 is 0 Å². The van der Waals surface area contributed by atoms with Gasteiger partial charge in [0.25, 0.3) is 0 Å². The van der Waals surface area contributed by atoms with Crippen LogP contribution in [0, 0.1) is 19.8 Å². The highest BCUT2D eigenvalue weighted by Gasteiger charge is 2.33. The molecule has 3 rings (SSSR count). The number of amides is 1. The Balaban J connectivity index is 1.50. The fourth-order valence-electron chi connectivity index (χ4n) is 3.67. The first kappa shape index (κ1) is 16.3. The summed E-state index contributed by atoms with van der Waals surface area (Å²) < 4.78 is 6.10. The van der Waals surface area contributed by atoms with Crippen LogP contribution >= 0.6 is 0 Å². The van der Waals surface area contributed by atoms with Gasteiger partial charge in [0, 0.05) is 37.9 Å². The maximum atomic E-state index is 12.5. The van der Waals surface area contributed by atoms with Crippen molar-refractivity contribution < 1.29 is 9.53 Å². The Bertz CT molecular complexity index is 564. The Hall–Kier alpha value is -1.55. The van der Waals surface area contributed by atoms with Gasteiger partial charge < -0.3 is 15.4 Å². The van der Waals surface area contributed by atoms with Gasteiger partial charge in [-0.25, -0.2) is 0 Å². The van der Waals surface area contributed by atoms with Crippen LogP contribution in [0.3, 0.4) is 0 Å². The number of likely N-dealkylation sites (tertiary alicyclic amines) is 1. The van der Waals surface area contributed by atoms with Gasteiger partial charge in [-0.3, -0.25) is 4.79 Å². The maximum absolute atomic E-state index is 12.5. The molecule has 2 atom stereocenters. The van der Waals surface area contributed by atoms with Crippen LogP contribution < -0.4 is 10.5 Å². The number of nitrogens with two attached hydrogens (primary N) is 1. The SMILES string of the molecule is Cc1ccc(OC2CCN(C(=O)[C@@H]3CC[C@H](N)C3)CC2)cc1C. The molecular formula is C19H28N2O2. The molecular weight excluding hydrogens is 288 g/mol. The van der Waals surface area contributed by atoms with Gasteiger partial charge in [-0.15, -0.1) is 0 Å². The first-order chi connectivity index (χ1) is 11.0. The number of piperidine rings is 1. The molecule has 2 N–H and O–H groups in total. The molecule has 0 bridgehead atoms. The predicted octanol–water partition coefficient (Wildman–Crippen LogP) is 2.80. The van der Waals surface area contributed by atoms with E-state index in [1.807, 2.05) is 11.0 Å². The molecule has 1 saturated heterocycles. The van der Waals surface area contributed by atoms with Crippen molar-refractivity contribution in [2.45, 2.75) is 58.1 Å². The fraction of sp³-hybridized carbons (Fsp3) is 0.632. The van der Waals surface area contributed by atoms with Gasteiger partial charge in [0.1, 0.15) is 11.9 Å². The number of carbonyl (C=O) groups is 1. The molecule has 0 unspecified atom stereocenters.